The standard InChI is InChI=1S/C14H23N3O/c1-10(2)17-8-7-15-13(14(17)18)16-12-6-4-5-11(3)9-12/h7-8,10-12H,4-6,9H2,1-3H3,(H,15,16). The summed E-state index contributed by atoms with van der Waals surface area (Å²) in [6, 6.07) is 0.572. The molecule has 1 aromatic rings. The van der Waals surface area contributed by atoms with Crippen molar-refractivity contribution >= 4 is 5.82 Å². The van der Waals surface area contributed by atoms with Crippen LogP contribution in [0, 0.1) is 5.92 Å². The van der Waals surface area contributed by atoms with Gasteiger partial charge in [0.1, 0.15) is 0 Å². The fraction of sp³-hybridized carbons (Fsp3) is 0.714. The molecule has 0 radical (unpaired) electrons. The first-order valence-electron chi connectivity index (χ1n) is 6.91. The highest BCUT2D eigenvalue weighted by Crippen LogP contribution is 2.25. The summed E-state index contributed by atoms with van der Waals surface area (Å²) >= 11 is 0. The van der Waals surface area contributed by atoms with Gasteiger partial charge in [0.2, 0.25) is 0 Å². The van der Waals surface area contributed by atoms with Crippen LogP contribution >= 0.6 is 0 Å². The molecular formula is C14H23N3O. The Hall–Kier alpha value is -1.32. The molecule has 1 heterocycles. The normalized spacial score (nSPS) is 24.2. The summed E-state index contributed by atoms with van der Waals surface area (Å²) in [5.41, 5.74) is -0.00859. The van der Waals surface area contributed by atoms with Gasteiger partial charge < -0.3 is 9.88 Å². The minimum absolute atomic E-state index is 0.00859. The Morgan fingerprint density at radius 3 is 2.89 bits per heavy atom. The summed E-state index contributed by atoms with van der Waals surface area (Å²) in [6.45, 7) is 6.29. The second kappa shape index (κ2) is 5.55. The van der Waals surface area contributed by atoms with Crippen molar-refractivity contribution in [1.82, 2.24) is 9.55 Å². The van der Waals surface area contributed by atoms with Crippen molar-refractivity contribution in [2.75, 3.05) is 5.32 Å². The van der Waals surface area contributed by atoms with E-state index in [9.17, 15) is 4.79 Å². The van der Waals surface area contributed by atoms with Crippen LogP contribution in [0.5, 0.6) is 0 Å². The number of nitrogens with zero attached hydrogens (tertiary/aromatic N) is 2. The van der Waals surface area contributed by atoms with E-state index in [4.69, 9.17) is 0 Å². The molecule has 2 rings (SSSR count). The highest BCUT2D eigenvalue weighted by Gasteiger charge is 2.20. The summed E-state index contributed by atoms with van der Waals surface area (Å²) in [7, 11) is 0. The van der Waals surface area contributed by atoms with Crippen LogP contribution in [-0.2, 0) is 0 Å². The molecule has 2 atom stereocenters. The summed E-state index contributed by atoms with van der Waals surface area (Å²) in [4.78, 5) is 16.4. The molecule has 0 spiro atoms. The number of nitrogens with one attached hydrogen (secondary N) is 1. The van der Waals surface area contributed by atoms with E-state index in [-0.39, 0.29) is 11.6 Å². The Balaban J connectivity index is 2.14. The number of hydrogen-bond acceptors (Lipinski definition) is 3. The lowest BCUT2D eigenvalue weighted by atomic mass is 9.87. The molecule has 1 saturated carbocycles. The van der Waals surface area contributed by atoms with Gasteiger partial charge in [-0.25, -0.2) is 4.98 Å². The smallest absolute Gasteiger partial charge is 0.293 e. The Bertz CT molecular complexity index is 453. The van der Waals surface area contributed by atoms with E-state index in [1.54, 1.807) is 17.0 Å². The summed E-state index contributed by atoms with van der Waals surface area (Å²) in [6.07, 6.45) is 8.28. The summed E-state index contributed by atoms with van der Waals surface area (Å²) in [5, 5.41) is 3.33. The van der Waals surface area contributed by atoms with Gasteiger partial charge in [0.15, 0.2) is 5.82 Å². The molecule has 0 amide bonds. The molecule has 1 fully saturated rings. The quantitative estimate of drug-likeness (QED) is 0.896. The van der Waals surface area contributed by atoms with Crippen molar-refractivity contribution in [3.05, 3.63) is 22.7 Å². The Kier molecular flexibility index (Phi) is 4.04. The minimum Gasteiger partial charge on any atom is -0.363 e. The van der Waals surface area contributed by atoms with Gasteiger partial charge in [0.05, 0.1) is 0 Å². The van der Waals surface area contributed by atoms with Gasteiger partial charge in [0.25, 0.3) is 5.56 Å². The molecule has 1 N–H and O–H groups in total. The highest BCUT2D eigenvalue weighted by molar-refractivity contribution is 5.32. The van der Waals surface area contributed by atoms with Gasteiger partial charge in [0, 0.05) is 24.5 Å². The number of hydrogen-bond donors (Lipinski definition) is 1. The van der Waals surface area contributed by atoms with E-state index in [1.165, 1.54) is 12.8 Å². The van der Waals surface area contributed by atoms with Crippen molar-refractivity contribution in [1.29, 1.82) is 0 Å². The van der Waals surface area contributed by atoms with E-state index in [0.29, 0.717) is 11.9 Å². The molecule has 1 aliphatic carbocycles. The largest absolute Gasteiger partial charge is 0.363 e. The fourth-order valence-corrected chi connectivity index (χ4v) is 2.69. The zero-order chi connectivity index (χ0) is 13.1. The Morgan fingerprint density at radius 1 is 1.44 bits per heavy atom. The predicted octanol–water partition coefficient (Wildman–Crippen LogP) is 2.81. The van der Waals surface area contributed by atoms with Crippen LogP contribution < -0.4 is 10.9 Å². The molecule has 4 nitrogen and oxygen atoms in total. The third-order valence-corrected chi connectivity index (χ3v) is 3.70. The zero-order valence-electron chi connectivity index (χ0n) is 11.5. The van der Waals surface area contributed by atoms with E-state index in [2.05, 4.69) is 17.2 Å². The van der Waals surface area contributed by atoms with Crippen molar-refractivity contribution in [2.45, 2.75) is 58.5 Å². The molecule has 100 valence electrons. The topological polar surface area (TPSA) is 46.9 Å². The van der Waals surface area contributed by atoms with Crippen molar-refractivity contribution < 1.29 is 0 Å². The monoisotopic (exact) mass is 249 g/mol. The van der Waals surface area contributed by atoms with Crippen LogP contribution in [0.25, 0.3) is 0 Å². The van der Waals surface area contributed by atoms with Gasteiger partial charge >= 0.3 is 0 Å². The lowest BCUT2D eigenvalue weighted by Crippen LogP contribution is -2.32. The van der Waals surface area contributed by atoms with Gasteiger partial charge in [-0.05, 0) is 32.6 Å². The van der Waals surface area contributed by atoms with Crippen LogP contribution in [0.3, 0.4) is 0 Å². The first-order valence-corrected chi connectivity index (χ1v) is 6.91. The molecule has 1 aromatic heterocycles. The van der Waals surface area contributed by atoms with Crippen molar-refractivity contribution in [2.24, 2.45) is 5.92 Å². The SMILES string of the molecule is CC1CCCC(Nc2nccn(C(C)C)c2=O)C1. The lowest BCUT2D eigenvalue weighted by molar-refractivity contribution is 0.358. The molecule has 1 aliphatic rings. The summed E-state index contributed by atoms with van der Waals surface area (Å²) < 4.78 is 1.72. The fourth-order valence-electron chi connectivity index (χ4n) is 2.69. The first-order chi connectivity index (χ1) is 8.58. The minimum atomic E-state index is -0.00859. The zero-order valence-corrected chi connectivity index (χ0v) is 11.5. The number of aromatic nitrogens is 2. The maximum absolute atomic E-state index is 12.2. The van der Waals surface area contributed by atoms with E-state index in [1.807, 2.05) is 13.8 Å². The Labute approximate surface area is 108 Å². The molecule has 0 aromatic carbocycles. The van der Waals surface area contributed by atoms with Crippen molar-refractivity contribution in [3.8, 4) is 0 Å². The van der Waals surface area contributed by atoms with Gasteiger partial charge in [-0.2, -0.15) is 0 Å². The molecule has 0 saturated heterocycles. The van der Waals surface area contributed by atoms with Gasteiger partial charge in [-0.3, -0.25) is 4.79 Å². The molecule has 2 unspecified atom stereocenters. The highest BCUT2D eigenvalue weighted by atomic mass is 16.1. The molecule has 18 heavy (non-hydrogen) atoms. The van der Waals surface area contributed by atoms with Gasteiger partial charge in [-0.1, -0.05) is 19.8 Å². The lowest BCUT2D eigenvalue weighted by Gasteiger charge is -2.27. The first kappa shape index (κ1) is 13.1. The van der Waals surface area contributed by atoms with Crippen LogP contribution in [0.1, 0.15) is 52.5 Å². The molecule has 0 aliphatic heterocycles. The molecular weight excluding hydrogens is 226 g/mol. The van der Waals surface area contributed by atoms with E-state index < -0.39 is 0 Å². The number of anilines is 1. The van der Waals surface area contributed by atoms with E-state index in [0.717, 1.165) is 18.8 Å². The van der Waals surface area contributed by atoms with Crippen LogP contribution in [-0.4, -0.2) is 15.6 Å². The maximum atomic E-state index is 12.2. The van der Waals surface area contributed by atoms with E-state index >= 15 is 0 Å². The second-order valence-corrected chi connectivity index (χ2v) is 5.70. The average molecular weight is 249 g/mol. The number of rotatable bonds is 3. The van der Waals surface area contributed by atoms with Crippen LogP contribution in [0.4, 0.5) is 5.82 Å². The van der Waals surface area contributed by atoms with Crippen LogP contribution in [0.2, 0.25) is 0 Å². The molecule has 4 heteroatoms. The van der Waals surface area contributed by atoms with Crippen molar-refractivity contribution in [3.63, 3.8) is 0 Å². The Morgan fingerprint density at radius 2 is 2.22 bits per heavy atom. The average Bonchev–Trinajstić information content (AvgIpc) is 2.31. The summed E-state index contributed by atoms with van der Waals surface area (Å²) in [5.74, 6) is 1.25. The third kappa shape index (κ3) is 2.92. The second-order valence-electron chi connectivity index (χ2n) is 5.70. The van der Waals surface area contributed by atoms with Gasteiger partial charge in [-0.15, -0.1) is 0 Å². The van der Waals surface area contributed by atoms with Crippen LogP contribution in [0.15, 0.2) is 17.2 Å². The maximum Gasteiger partial charge on any atom is 0.293 e. The molecule has 0 bridgehead atoms. The third-order valence-electron chi connectivity index (χ3n) is 3.70. The predicted molar refractivity (Wildman–Crippen MR) is 73.9 cm³/mol.